The zero-order valence-electron chi connectivity index (χ0n) is 19.2. The van der Waals surface area contributed by atoms with Crippen LogP contribution in [0.1, 0.15) is 41.0 Å². The lowest BCUT2D eigenvalue weighted by Gasteiger charge is -2.22. The smallest absolute Gasteiger partial charge is 0.325 e. The molecule has 2 aromatic carbocycles. The first kappa shape index (κ1) is 24.0. The fourth-order valence-corrected chi connectivity index (χ4v) is 3.32. The van der Waals surface area contributed by atoms with Crippen LogP contribution in [0.3, 0.4) is 0 Å². The molecule has 3 aromatic rings. The van der Waals surface area contributed by atoms with Crippen molar-refractivity contribution in [3.05, 3.63) is 95.3 Å². The van der Waals surface area contributed by atoms with Crippen LogP contribution in [0, 0.1) is 0 Å². The van der Waals surface area contributed by atoms with Crippen molar-refractivity contribution >= 4 is 11.9 Å². The number of aromatic nitrogens is 1. The number of hydrogen-bond acceptors (Lipinski definition) is 5. The van der Waals surface area contributed by atoms with E-state index in [1.807, 2.05) is 42.6 Å². The van der Waals surface area contributed by atoms with Crippen molar-refractivity contribution in [3.63, 3.8) is 0 Å². The quantitative estimate of drug-likeness (QED) is 0.407. The topological polar surface area (TPSA) is 68.7 Å². The van der Waals surface area contributed by atoms with Crippen molar-refractivity contribution in [2.45, 2.75) is 33.2 Å². The minimum atomic E-state index is -0.428. The van der Waals surface area contributed by atoms with Crippen molar-refractivity contribution in [2.24, 2.45) is 0 Å². The van der Waals surface area contributed by atoms with Crippen LogP contribution in [0.15, 0.2) is 72.9 Å². The maximum atomic E-state index is 13.0. The number of carbonyl (C=O) groups is 2. The fourth-order valence-electron chi connectivity index (χ4n) is 3.32. The summed E-state index contributed by atoms with van der Waals surface area (Å²) in [6, 6.07) is 20.6. The highest BCUT2D eigenvalue weighted by Crippen LogP contribution is 2.16. The summed E-state index contributed by atoms with van der Waals surface area (Å²) in [5.41, 5.74) is 3.64. The van der Waals surface area contributed by atoms with E-state index < -0.39 is 5.97 Å². The first-order valence-electron chi connectivity index (χ1n) is 11.2. The van der Waals surface area contributed by atoms with Crippen LogP contribution < -0.4 is 4.74 Å². The van der Waals surface area contributed by atoms with Gasteiger partial charge >= 0.3 is 5.97 Å². The van der Waals surface area contributed by atoms with Gasteiger partial charge < -0.3 is 14.4 Å². The molecule has 1 aromatic heterocycles. The van der Waals surface area contributed by atoms with Gasteiger partial charge in [0, 0.05) is 30.4 Å². The molecule has 1 amide bonds. The van der Waals surface area contributed by atoms with Gasteiger partial charge in [0.25, 0.3) is 5.91 Å². The van der Waals surface area contributed by atoms with Gasteiger partial charge in [-0.25, -0.2) is 0 Å². The number of nitrogens with zero attached hydrogens (tertiary/aromatic N) is 2. The maximum absolute atomic E-state index is 13.0. The van der Waals surface area contributed by atoms with Gasteiger partial charge in [0.2, 0.25) is 0 Å². The first-order chi connectivity index (χ1) is 16.1. The summed E-state index contributed by atoms with van der Waals surface area (Å²) in [6.45, 7) is 4.84. The lowest BCUT2D eigenvalue weighted by molar-refractivity contribution is -0.143. The molecule has 0 aliphatic rings. The molecule has 0 N–H and O–H groups in total. The zero-order valence-corrected chi connectivity index (χ0v) is 19.2. The molecule has 0 saturated heterocycles. The van der Waals surface area contributed by atoms with E-state index in [4.69, 9.17) is 9.47 Å². The highest BCUT2D eigenvalue weighted by Gasteiger charge is 2.20. The Morgan fingerprint density at radius 2 is 1.64 bits per heavy atom. The Morgan fingerprint density at radius 3 is 2.27 bits per heavy atom. The summed E-state index contributed by atoms with van der Waals surface area (Å²) in [6.07, 6.45) is 3.61. The largest absolute Gasteiger partial charge is 0.493 e. The van der Waals surface area contributed by atoms with Gasteiger partial charge in [-0.2, -0.15) is 0 Å². The average Bonchev–Trinajstić information content (AvgIpc) is 2.85. The minimum Gasteiger partial charge on any atom is -0.493 e. The fraction of sp³-hybridized carbons (Fsp3) is 0.296. The van der Waals surface area contributed by atoms with Crippen molar-refractivity contribution < 1.29 is 19.1 Å². The third kappa shape index (κ3) is 7.45. The van der Waals surface area contributed by atoms with E-state index in [-0.39, 0.29) is 19.1 Å². The van der Waals surface area contributed by atoms with Gasteiger partial charge in [-0.05, 0) is 54.8 Å². The molecule has 0 spiro atoms. The molecule has 0 atom stereocenters. The highest BCUT2D eigenvalue weighted by molar-refractivity contribution is 5.95. The van der Waals surface area contributed by atoms with Gasteiger partial charge in [-0.15, -0.1) is 0 Å². The average molecular weight is 447 g/mol. The molecule has 33 heavy (non-hydrogen) atoms. The Balaban J connectivity index is 1.59. The van der Waals surface area contributed by atoms with E-state index in [0.717, 1.165) is 29.8 Å². The summed E-state index contributed by atoms with van der Waals surface area (Å²) in [7, 11) is 0. The summed E-state index contributed by atoms with van der Waals surface area (Å²) < 4.78 is 10.9. The van der Waals surface area contributed by atoms with Gasteiger partial charge in [-0.1, -0.05) is 43.3 Å². The first-order valence-corrected chi connectivity index (χ1v) is 11.2. The number of benzene rings is 2. The van der Waals surface area contributed by atoms with Gasteiger partial charge in [0.05, 0.1) is 13.2 Å². The number of carbonyl (C=O) groups excluding carboxylic acids is 2. The molecule has 1 heterocycles. The molecule has 0 radical (unpaired) electrons. The van der Waals surface area contributed by atoms with Crippen molar-refractivity contribution in [1.82, 2.24) is 9.88 Å². The molecule has 0 unspecified atom stereocenters. The second kappa shape index (κ2) is 12.4. The molecular formula is C27H30N2O4. The number of hydrogen-bond donors (Lipinski definition) is 0. The Kier molecular flexibility index (Phi) is 9.00. The standard InChI is InChI=1S/C27H30N2O4/c1-3-21-10-13-24(28-18-21)16-17-33-25-14-11-22(12-15-25)19-29(20-26(30)32-4-2)27(31)23-8-6-5-7-9-23/h5-15,18H,3-4,16-17,19-20H2,1-2H3. The maximum Gasteiger partial charge on any atom is 0.325 e. The molecule has 3 rings (SSSR count). The van der Waals surface area contributed by atoms with Gasteiger partial charge in [0.15, 0.2) is 0 Å². The predicted octanol–water partition coefficient (Wildman–Crippen LogP) is 4.47. The molecule has 0 fully saturated rings. The molecule has 6 nitrogen and oxygen atoms in total. The number of esters is 1. The Morgan fingerprint density at radius 1 is 0.909 bits per heavy atom. The van der Waals surface area contributed by atoms with E-state index in [0.29, 0.717) is 18.7 Å². The molecule has 6 heteroatoms. The number of aryl methyl sites for hydroxylation is 1. The molecule has 0 aliphatic heterocycles. The number of ether oxygens (including phenoxy) is 2. The third-order valence-corrected chi connectivity index (χ3v) is 5.15. The van der Waals surface area contributed by atoms with Crippen LogP contribution in [0.5, 0.6) is 5.75 Å². The molecule has 0 bridgehead atoms. The summed E-state index contributed by atoms with van der Waals surface area (Å²) in [4.78, 5) is 31.0. The number of rotatable bonds is 11. The van der Waals surface area contributed by atoms with Crippen LogP contribution in [0.25, 0.3) is 0 Å². The predicted molar refractivity (Wildman–Crippen MR) is 127 cm³/mol. The Labute approximate surface area is 195 Å². The minimum absolute atomic E-state index is 0.107. The summed E-state index contributed by atoms with van der Waals surface area (Å²) in [5.74, 6) is 0.100. The van der Waals surface area contributed by atoms with E-state index in [2.05, 4.69) is 18.0 Å². The number of amides is 1. The van der Waals surface area contributed by atoms with E-state index >= 15 is 0 Å². The second-order valence-corrected chi connectivity index (χ2v) is 7.59. The lowest BCUT2D eigenvalue weighted by atomic mass is 10.1. The van der Waals surface area contributed by atoms with Crippen LogP contribution >= 0.6 is 0 Å². The van der Waals surface area contributed by atoms with Gasteiger partial charge in [0.1, 0.15) is 12.3 Å². The SMILES string of the molecule is CCOC(=O)CN(Cc1ccc(OCCc2ccc(CC)cn2)cc1)C(=O)c1ccccc1. The Bertz CT molecular complexity index is 1020. The molecular weight excluding hydrogens is 416 g/mol. The van der Waals surface area contributed by atoms with Crippen LogP contribution in [-0.2, 0) is 28.9 Å². The lowest BCUT2D eigenvalue weighted by Crippen LogP contribution is -2.36. The monoisotopic (exact) mass is 446 g/mol. The zero-order chi connectivity index (χ0) is 23.5. The number of pyridine rings is 1. The van der Waals surface area contributed by atoms with Gasteiger partial charge in [-0.3, -0.25) is 14.6 Å². The second-order valence-electron chi connectivity index (χ2n) is 7.59. The Hall–Kier alpha value is -3.67. The normalized spacial score (nSPS) is 10.5. The van der Waals surface area contributed by atoms with Crippen LogP contribution in [0.2, 0.25) is 0 Å². The van der Waals surface area contributed by atoms with E-state index in [1.54, 1.807) is 31.2 Å². The summed E-state index contributed by atoms with van der Waals surface area (Å²) >= 11 is 0. The van der Waals surface area contributed by atoms with Crippen molar-refractivity contribution in [2.75, 3.05) is 19.8 Å². The van der Waals surface area contributed by atoms with Crippen LogP contribution in [0.4, 0.5) is 0 Å². The van der Waals surface area contributed by atoms with Crippen molar-refractivity contribution in [1.29, 1.82) is 0 Å². The van der Waals surface area contributed by atoms with Crippen molar-refractivity contribution in [3.8, 4) is 5.75 Å². The van der Waals surface area contributed by atoms with E-state index in [1.165, 1.54) is 10.5 Å². The highest BCUT2D eigenvalue weighted by atomic mass is 16.5. The van der Waals surface area contributed by atoms with Crippen LogP contribution in [-0.4, -0.2) is 41.5 Å². The molecule has 0 saturated carbocycles. The third-order valence-electron chi connectivity index (χ3n) is 5.15. The molecule has 0 aliphatic carbocycles. The van der Waals surface area contributed by atoms with E-state index in [9.17, 15) is 9.59 Å². The summed E-state index contributed by atoms with van der Waals surface area (Å²) in [5, 5.41) is 0. The molecule has 172 valence electrons.